The molecule has 1 saturated heterocycles. The average Bonchev–Trinajstić information content (AvgIpc) is 3.26. The smallest absolute Gasteiger partial charge is 0.368 e. The number of halogens is 9. The van der Waals surface area contributed by atoms with Crippen molar-refractivity contribution in [3.05, 3.63) is 87.7 Å². The van der Waals surface area contributed by atoms with Gasteiger partial charge in [0.1, 0.15) is 27.8 Å². The highest BCUT2D eigenvalue weighted by Crippen LogP contribution is 2.65. The molecule has 1 heterocycles. The molecule has 0 bridgehead atoms. The van der Waals surface area contributed by atoms with Gasteiger partial charge in [-0.05, 0) is 66.9 Å². The average molecular weight is 695 g/mol. The van der Waals surface area contributed by atoms with E-state index in [1.807, 2.05) is 0 Å². The quantitative estimate of drug-likeness (QED) is 0.175. The van der Waals surface area contributed by atoms with Gasteiger partial charge in [-0.25, -0.2) is 13.2 Å². The first-order chi connectivity index (χ1) is 21.1. The van der Waals surface area contributed by atoms with Crippen molar-refractivity contribution in [3.63, 3.8) is 0 Å². The van der Waals surface area contributed by atoms with Crippen LogP contribution >= 0.6 is 34.8 Å². The molecule has 1 unspecified atom stereocenters. The fourth-order valence-corrected chi connectivity index (χ4v) is 5.99. The molecule has 2 aliphatic rings. The molecule has 7 nitrogen and oxygen atoms in total. The Labute approximate surface area is 266 Å². The minimum atomic E-state index is -4.86. The molecule has 3 aromatic carbocycles. The van der Waals surface area contributed by atoms with Crippen LogP contribution in [0.15, 0.2) is 48.5 Å². The second-order valence-corrected chi connectivity index (χ2v) is 12.2. The fraction of sp³-hybridized carbons (Fsp3) is 0.276. The highest BCUT2D eigenvalue weighted by molar-refractivity contribution is 6.53. The van der Waals surface area contributed by atoms with Crippen molar-refractivity contribution in [1.29, 1.82) is 0 Å². The first-order valence-corrected chi connectivity index (χ1v) is 14.3. The third kappa shape index (κ3) is 6.86. The zero-order chi connectivity index (χ0) is 32.8. The number of amides is 3. The predicted octanol–water partition coefficient (Wildman–Crippen LogP) is 7.67. The van der Waals surface area contributed by atoms with Crippen molar-refractivity contribution in [1.82, 2.24) is 0 Å². The molecule has 3 atom stereocenters. The van der Waals surface area contributed by atoms with E-state index in [0.717, 1.165) is 24.3 Å². The van der Waals surface area contributed by atoms with Crippen molar-refractivity contribution in [2.75, 3.05) is 22.6 Å². The maximum atomic E-state index is 15.2. The Hall–Kier alpha value is -3.52. The van der Waals surface area contributed by atoms with Crippen LogP contribution in [0.1, 0.15) is 40.2 Å². The molecule has 2 fully saturated rings. The third-order valence-corrected chi connectivity index (χ3v) is 8.50. The second-order valence-electron chi connectivity index (χ2n) is 10.3. The van der Waals surface area contributed by atoms with Crippen LogP contribution in [0.25, 0.3) is 0 Å². The summed E-state index contributed by atoms with van der Waals surface area (Å²) < 4.78 is 86.4. The van der Waals surface area contributed by atoms with Gasteiger partial charge in [-0.1, -0.05) is 11.6 Å². The summed E-state index contributed by atoms with van der Waals surface area (Å²) in [6, 6.07) is 7.13. The number of ether oxygens (including phenoxy) is 1. The van der Waals surface area contributed by atoms with Crippen molar-refractivity contribution in [2.45, 2.75) is 35.4 Å². The van der Waals surface area contributed by atoms with E-state index in [1.165, 1.54) is 12.1 Å². The van der Waals surface area contributed by atoms with Crippen molar-refractivity contribution in [2.24, 2.45) is 5.92 Å². The van der Waals surface area contributed by atoms with Gasteiger partial charge < -0.3 is 20.7 Å². The molecule has 0 spiro atoms. The highest BCUT2D eigenvalue weighted by atomic mass is 35.5. The van der Waals surface area contributed by atoms with E-state index < -0.39 is 80.6 Å². The first kappa shape index (κ1) is 32.9. The summed E-state index contributed by atoms with van der Waals surface area (Å²) in [5.41, 5.74) is -3.11. The lowest BCUT2D eigenvalue weighted by Crippen LogP contribution is -2.28. The Kier molecular flexibility index (Phi) is 9.02. The van der Waals surface area contributed by atoms with Crippen molar-refractivity contribution in [3.8, 4) is 0 Å². The summed E-state index contributed by atoms with van der Waals surface area (Å²) >= 11 is 18.6. The summed E-state index contributed by atoms with van der Waals surface area (Å²) in [5.74, 6) is -8.65. The lowest BCUT2D eigenvalue weighted by molar-refractivity contribution is -0.137. The molecule has 45 heavy (non-hydrogen) atoms. The largest absolute Gasteiger partial charge is 0.416 e. The minimum absolute atomic E-state index is 0.0244. The number of nitrogens with one attached hydrogen (secondary N) is 3. The van der Waals surface area contributed by atoms with E-state index in [2.05, 4.69) is 16.0 Å². The second kappa shape index (κ2) is 12.3. The molecular formula is C29H20Cl3F6N3O4. The lowest BCUT2D eigenvalue weighted by Gasteiger charge is -2.15. The van der Waals surface area contributed by atoms with E-state index in [-0.39, 0.29) is 21.8 Å². The predicted molar refractivity (Wildman–Crippen MR) is 154 cm³/mol. The standard InChI is InChI=1S/C29H20Cl3F6N3O4/c30-17-4-3-15(39-27(44)22-21(28(22,31)32)12-8-13(29(36,37)38)10-14(33)9-12)11-16(17)25(42)40-19-6-5-18(34)24(23(19)35)41-26(43)20-2-1-7-45-20/h3-6,8-11,20-22H,1-2,7H2,(H,39,44)(H,40,42)(H,41,43)/t20?,21-,22+/m0/s1. The molecular weight excluding hydrogens is 675 g/mol. The molecule has 238 valence electrons. The topological polar surface area (TPSA) is 96.5 Å². The molecule has 16 heteroatoms. The summed E-state index contributed by atoms with van der Waals surface area (Å²) in [4.78, 5) is 38.4. The number of hydrogen-bond donors (Lipinski definition) is 3. The molecule has 3 aromatic rings. The van der Waals surface area contributed by atoms with E-state index >= 15 is 4.39 Å². The van der Waals surface area contributed by atoms with Gasteiger partial charge in [-0.2, -0.15) is 13.2 Å². The van der Waals surface area contributed by atoms with Crippen molar-refractivity contribution < 1.29 is 45.5 Å². The number of benzene rings is 3. The van der Waals surface area contributed by atoms with Crippen LogP contribution in [0.5, 0.6) is 0 Å². The third-order valence-electron chi connectivity index (χ3n) is 7.23. The summed E-state index contributed by atoms with van der Waals surface area (Å²) in [6.45, 7) is 0.328. The number of carbonyl (C=O) groups excluding carboxylic acids is 3. The monoisotopic (exact) mass is 693 g/mol. The molecule has 3 amide bonds. The van der Waals surface area contributed by atoms with Crippen LogP contribution in [-0.4, -0.2) is 34.8 Å². The van der Waals surface area contributed by atoms with Gasteiger partial charge in [0.2, 0.25) is 5.91 Å². The summed E-state index contributed by atoms with van der Waals surface area (Å²) in [6.07, 6.45) is -4.76. The fourth-order valence-electron chi connectivity index (χ4n) is 4.96. The summed E-state index contributed by atoms with van der Waals surface area (Å²) in [5, 5.41) is 6.66. The van der Waals surface area contributed by atoms with E-state index in [9.17, 15) is 36.3 Å². The number of anilines is 3. The molecule has 0 aromatic heterocycles. The van der Waals surface area contributed by atoms with Crippen LogP contribution in [0.2, 0.25) is 5.02 Å². The van der Waals surface area contributed by atoms with Gasteiger partial charge in [-0.15, -0.1) is 23.2 Å². The lowest BCUT2D eigenvalue weighted by atomic mass is 10.0. The molecule has 0 radical (unpaired) electrons. The van der Waals surface area contributed by atoms with E-state index in [0.29, 0.717) is 31.6 Å². The molecule has 1 aliphatic heterocycles. The Morgan fingerprint density at radius 1 is 0.911 bits per heavy atom. The van der Waals surface area contributed by atoms with E-state index in [4.69, 9.17) is 39.5 Å². The van der Waals surface area contributed by atoms with Crippen molar-refractivity contribution >= 4 is 69.6 Å². The number of carbonyl (C=O) groups is 3. The van der Waals surface area contributed by atoms with Gasteiger partial charge >= 0.3 is 6.18 Å². The number of hydrogen-bond acceptors (Lipinski definition) is 4. The van der Waals surface area contributed by atoms with Crippen LogP contribution in [0, 0.1) is 23.4 Å². The van der Waals surface area contributed by atoms with Crippen LogP contribution in [0.3, 0.4) is 0 Å². The zero-order valence-corrected chi connectivity index (χ0v) is 24.8. The Bertz CT molecular complexity index is 1700. The van der Waals surface area contributed by atoms with Crippen LogP contribution in [0.4, 0.5) is 43.4 Å². The van der Waals surface area contributed by atoms with Gasteiger partial charge in [0, 0.05) is 18.2 Å². The molecule has 1 saturated carbocycles. The zero-order valence-electron chi connectivity index (χ0n) is 22.5. The van der Waals surface area contributed by atoms with Gasteiger partial charge in [0.25, 0.3) is 11.8 Å². The normalized spacial score (nSPS) is 20.4. The van der Waals surface area contributed by atoms with Crippen LogP contribution in [-0.2, 0) is 20.5 Å². The maximum Gasteiger partial charge on any atom is 0.416 e. The van der Waals surface area contributed by atoms with Gasteiger partial charge in [0.15, 0.2) is 5.82 Å². The SMILES string of the molecule is O=C(Nc1ccc(F)c(NC(=O)C2CCCO2)c1F)c1cc(NC(=O)[C@H]2[C@H](c3cc(F)cc(C(F)(F)F)c3)C2(Cl)Cl)ccc1Cl. The Balaban J connectivity index is 1.31. The Morgan fingerprint density at radius 3 is 2.31 bits per heavy atom. The first-order valence-electron chi connectivity index (χ1n) is 13.2. The van der Waals surface area contributed by atoms with Gasteiger partial charge in [-0.3, -0.25) is 14.4 Å². The minimum Gasteiger partial charge on any atom is -0.368 e. The van der Waals surface area contributed by atoms with Crippen LogP contribution < -0.4 is 16.0 Å². The molecule has 1 aliphatic carbocycles. The number of rotatable bonds is 7. The molecule has 3 N–H and O–H groups in total. The number of alkyl halides is 5. The summed E-state index contributed by atoms with van der Waals surface area (Å²) in [7, 11) is 0. The molecule has 5 rings (SSSR count). The van der Waals surface area contributed by atoms with E-state index in [1.54, 1.807) is 0 Å². The van der Waals surface area contributed by atoms with Gasteiger partial charge in [0.05, 0.1) is 27.8 Å². The Morgan fingerprint density at radius 2 is 1.64 bits per heavy atom. The maximum absolute atomic E-state index is 15.2. The highest BCUT2D eigenvalue weighted by Gasteiger charge is 2.67.